The summed E-state index contributed by atoms with van der Waals surface area (Å²) in [7, 11) is -3.35. The lowest BCUT2D eigenvalue weighted by molar-refractivity contribution is 0.200. The molecule has 0 saturated carbocycles. The number of benzene rings is 1. The zero-order valence-corrected chi connectivity index (χ0v) is 11.9. The second-order valence-electron chi connectivity index (χ2n) is 4.87. The first kappa shape index (κ1) is 15.0. The van der Waals surface area contributed by atoms with Gasteiger partial charge in [0.25, 0.3) is 0 Å². The van der Waals surface area contributed by atoms with Crippen LogP contribution in [0.3, 0.4) is 0 Å². The SMILES string of the molecule is CC(C)CCS(=O)(=O)Nc1ccccc1C(C)O. The Morgan fingerprint density at radius 3 is 2.39 bits per heavy atom. The summed E-state index contributed by atoms with van der Waals surface area (Å²) in [6.07, 6.45) is -0.0828. The molecule has 1 aromatic carbocycles. The second kappa shape index (κ2) is 6.20. The van der Waals surface area contributed by atoms with Gasteiger partial charge in [-0.3, -0.25) is 4.72 Å². The number of rotatable bonds is 6. The molecule has 1 atom stereocenters. The van der Waals surface area contributed by atoms with Crippen LogP contribution in [0.15, 0.2) is 24.3 Å². The molecule has 0 aliphatic carbocycles. The molecule has 0 bridgehead atoms. The molecule has 1 unspecified atom stereocenters. The van der Waals surface area contributed by atoms with Gasteiger partial charge in [-0.1, -0.05) is 32.0 Å². The van der Waals surface area contributed by atoms with Gasteiger partial charge in [-0.2, -0.15) is 0 Å². The first-order valence-corrected chi connectivity index (χ1v) is 7.74. The quantitative estimate of drug-likeness (QED) is 0.835. The molecule has 0 aromatic heterocycles. The summed E-state index contributed by atoms with van der Waals surface area (Å²) >= 11 is 0. The fourth-order valence-corrected chi connectivity index (χ4v) is 2.97. The molecule has 1 rings (SSSR count). The van der Waals surface area contributed by atoms with Crippen molar-refractivity contribution in [1.29, 1.82) is 0 Å². The Bertz CT molecular complexity index is 481. The Kier molecular flexibility index (Phi) is 5.16. The van der Waals surface area contributed by atoms with Crippen LogP contribution < -0.4 is 4.72 Å². The average molecular weight is 271 g/mol. The Balaban J connectivity index is 2.84. The molecule has 0 aliphatic heterocycles. The minimum Gasteiger partial charge on any atom is -0.389 e. The van der Waals surface area contributed by atoms with E-state index in [1.807, 2.05) is 13.8 Å². The standard InChI is InChI=1S/C13H21NO3S/c1-10(2)8-9-18(16,17)14-13-7-5-4-6-12(13)11(3)15/h4-7,10-11,14-15H,8-9H2,1-3H3. The van der Waals surface area contributed by atoms with E-state index in [0.29, 0.717) is 23.6 Å². The van der Waals surface area contributed by atoms with Crippen LogP contribution in [0.25, 0.3) is 0 Å². The molecule has 0 saturated heterocycles. The van der Waals surface area contributed by atoms with Crippen LogP contribution in [-0.4, -0.2) is 19.3 Å². The molecule has 0 radical (unpaired) electrons. The summed E-state index contributed by atoms with van der Waals surface area (Å²) < 4.78 is 26.3. The highest BCUT2D eigenvalue weighted by molar-refractivity contribution is 7.92. The monoisotopic (exact) mass is 271 g/mol. The summed E-state index contributed by atoms with van der Waals surface area (Å²) in [5.74, 6) is 0.437. The predicted octanol–water partition coefficient (Wildman–Crippen LogP) is 2.53. The van der Waals surface area contributed by atoms with Gasteiger partial charge in [0.15, 0.2) is 0 Å². The van der Waals surface area contributed by atoms with Gasteiger partial charge >= 0.3 is 0 Å². The molecule has 5 heteroatoms. The van der Waals surface area contributed by atoms with Crippen molar-refractivity contribution in [3.63, 3.8) is 0 Å². The predicted molar refractivity (Wildman–Crippen MR) is 73.9 cm³/mol. The van der Waals surface area contributed by atoms with Gasteiger partial charge in [0.05, 0.1) is 17.5 Å². The third-order valence-corrected chi connectivity index (χ3v) is 3.94. The van der Waals surface area contributed by atoms with E-state index >= 15 is 0 Å². The number of nitrogens with one attached hydrogen (secondary N) is 1. The Labute approximate surface area is 109 Å². The van der Waals surface area contributed by atoms with Crippen molar-refractivity contribution in [3.05, 3.63) is 29.8 Å². The van der Waals surface area contributed by atoms with E-state index < -0.39 is 16.1 Å². The van der Waals surface area contributed by atoms with Crippen molar-refractivity contribution in [2.45, 2.75) is 33.3 Å². The van der Waals surface area contributed by atoms with Crippen LogP contribution in [0.1, 0.15) is 38.9 Å². The molecule has 0 spiro atoms. The van der Waals surface area contributed by atoms with Crippen LogP contribution in [0.5, 0.6) is 0 Å². The van der Waals surface area contributed by atoms with Crippen molar-refractivity contribution in [3.8, 4) is 0 Å². The average Bonchev–Trinajstić information content (AvgIpc) is 2.26. The summed E-state index contributed by atoms with van der Waals surface area (Å²) in [6.45, 7) is 5.58. The van der Waals surface area contributed by atoms with Crippen molar-refractivity contribution >= 4 is 15.7 Å². The lowest BCUT2D eigenvalue weighted by atomic mass is 10.1. The lowest BCUT2D eigenvalue weighted by Gasteiger charge is -2.14. The summed E-state index contributed by atoms with van der Waals surface area (Å²) in [5.41, 5.74) is 1.04. The fraction of sp³-hybridized carbons (Fsp3) is 0.538. The summed E-state index contributed by atoms with van der Waals surface area (Å²) in [6, 6.07) is 6.89. The highest BCUT2D eigenvalue weighted by atomic mass is 32.2. The van der Waals surface area contributed by atoms with Crippen LogP contribution in [0.2, 0.25) is 0 Å². The van der Waals surface area contributed by atoms with Crippen molar-refractivity contribution in [2.24, 2.45) is 5.92 Å². The number of aliphatic hydroxyl groups is 1. The Morgan fingerprint density at radius 1 is 1.22 bits per heavy atom. The van der Waals surface area contributed by atoms with Crippen molar-refractivity contribution in [2.75, 3.05) is 10.5 Å². The number of para-hydroxylation sites is 1. The summed E-state index contributed by atoms with van der Waals surface area (Å²) in [4.78, 5) is 0. The van der Waals surface area contributed by atoms with E-state index in [1.165, 1.54) is 0 Å². The van der Waals surface area contributed by atoms with Gasteiger partial charge in [0.1, 0.15) is 0 Å². The highest BCUT2D eigenvalue weighted by Gasteiger charge is 2.15. The van der Waals surface area contributed by atoms with Gasteiger partial charge < -0.3 is 5.11 Å². The smallest absolute Gasteiger partial charge is 0.232 e. The molecule has 1 aromatic rings. The zero-order valence-electron chi connectivity index (χ0n) is 11.1. The third-order valence-electron chi connectivity index (χ3n) is 2.64. The van der Waals surface area contributed by atoms with Crippen molar-refractivity contribution in [1.82, 2.24) is 0 Å². The minimum atomic E-state index is -3.35. The minimum absolute atomic E-state index is 0.0960. The highest BCUT2D eigenvalue weighted by Crippen LogP contribution is 2.23. The molecule has 2 N–H and O–H groups in total. The van der Waals surface area contributed by atoms with Crippen LogP contribution in [0.4, 0.5) is 5.69 Å². The number of hydrogen-bond acceptors (Lipinski definition) is 3. The second-order valence-corrected chi connectivity index (χ2v) is 6.71. The van der Waals surface area contributed by atoms with E-state index in [9.17, 15) is 13.5 Å². The topological polar surface area (TPSA) is 66.4 Å². The molecule has 0 fully saturated rings. The van der Waals surface area contributed by atoms with Crippen LogP contribution in [-0.2, 0) is 10.0 Å². The first-order chi connectivity index (χ1) is 8.32. The van der Waals surface area contributed by atoms with Crippen LogP contribution >= 0.6 is 0 Å². The molecule has 18 heavy (non-hydrogen) atoms. The molecule has 0 aliphatic rings. The number of sulfonamides is 1. The molecular weight excluding hydrogens is 250 g/mol. The van der Waals surface area contributed by atoms with Gasteiger partial charge in [0, 0.05) is 5.56 Å². The molecular formula is C13H21NO3S. The van der Waals surface area contributed by atoms with Gasteiger partial charge in [0.2, 0.25) is 10.0 Å². The molecule has 4 nitrogen and oxygen atoms in total. The normalized spacial score (nSPS) is 13.6. The molecule has 102 valence electrons. The Morgan fingerprint density at radius 2 is 1.83 bits per heavy atom. The largest absolute Gasteiger partial charge is 0.389 e. The van der Waals surface area contributed by atoms with Gasteiger partial charge in [-0.25, -0.2) is 8.42 Å². The van der Waals surface area contributed by atoms with E-state index in [2.05, 4.69) is 4.72 Å². The Hall–Kier alpha value is -1.07. The van der Waals surface area contributed by atoms with Gasteiger partial charge in [-0.05, 0) is 25.3 Å². The maximum absolute atomic E-state index is 11.9. The fourth-order valence-electron chi connectivity index (χ4n) is 1.56. The summed E-state index contributed by atoms with van der Waals surface area (Å²) in [5, 5.41) is 9.58. The maximum Gasteiger partial charge on any atom is 0.232 e. The zero-order chi connectivity index (χ0) is 13.8. The number of anilines is 1. The lowest BCUT2D eigenvalue weighted by Crippen LogP contribution is -2.19. The maximum atomic E-state index is 11.9. The van der Waals surface area contributed by atoms with E-state index in [4.69, 9.17) is 0 Å². The van der Waals surface area contributed by atoms with Crippen LogP contribution in [0, 0.1) is 5.92 Å². The molecule has 0 heterocycles. The van der Waals surface area contributed by atoms with E-state index in [1.54, 1.807) is 31.2 Å². The van der Waals surface area contributed by atoms with Gasteiger partial charge in [-0.15, -0.1) is 0 Å². The first-order valence-electron chi connectivity index (χ1n) is 6.09. The third kappa shape index (κ3) is 4.66. The molecule has 0 amide bonds. The number of hydrogen-bond donors (Lipinski definition) is 2. The number of aliphatic hydroxyl groups excluding tert-OH is 1. The van der Waals surface area contributed by atoms with E-state index in [0.717, 1.165) is 0 Å². The van der Waals surface area contributed by atoms with E-state index in [-0.39, 0.29) is 5.75 Å². The van der Waals surface area contributed by atoms with Crippen molar-refractivity contribution < 1.29 is 13.5 Å².